The molecule has 1 unspecified atom stereocenters. The highest BCUT2D eigenvalue weighted by Crippen LogP contribution is 2.49. The number of rotatable bonds is 13. The predicted molar refractivity (Wildman–Crippen MR) is 121 cm³/mol. The lowest BCUT2D eigenvalue weighted by Crippen LogP contribution is -2.25. The van der Waals surface area contributed by atoms with Crippen molar-refractivity contribution in [2.24, 2.45) is 11.7 Å². The lowest BCUT2D eigenvalue weighted by molar-refractivity contribution is -0.122. The number of aryl methyl sites for hydroxylation is 1. The third-order valence-electron chi connectivity index (χ3n) is 5.74. The Morgan fingerprint density at radius 2 is 1.63 bits per heavy atom. The van der Waals surface area contributed by atoms with Crippen LogP contribution in [0.3, 0.4) is 0 Å². The van der Waals surface area contributed by atoms with Crippen molar-refractivity contribution in [2.75, 3.05) is 13.2 Å². The van der Waals surface area contributed by atoms with Crippen LogP contribution in [0.25, 0.3) is 0 Å². The van der Waals surface area contributed by atoms with Gasteiger partial charge in [0.1, 0.15) is 11.5 Å². The minimum Gasteiger partial charge on any atom is -0.493 e. The van der Waals surface area contributed by atoms with Gasteiger partial charge >= 0.3 is 0 Å². The molecule has 30 heavy (non-hydrogen) atoms. The molecule has 1 aliphatic rings. The zero-order chi connectivity index (χ0) is 21.3. The maximum Gasteiger partial charge on any atom is 0.220 e. The summed E-state index contributed by atoms with van der Waals surface area (Å²) < 4.78 is 11.9. The van der Waals surface area contributed by atoms with Crippen molar-refractivity contribution >= 4 is 5.91 Å². The molecule has 0 aliphatic heterocycles. The number of nitrogens with two attached hydrogens (primary N) is 1. The zero-order valence-corrected chi connectivity index (χ0v) is 18.4. The molecule has 2 aromatic rings. The Labute approximate surface area is 180 Å². The van der Waals surface area contributed by atoms with E-state index in [-0.39, 0.29) is 11.8 Å². The second-order valence-corrected chi connectivity index (χ2v) is 8.18. The van der Waals surface area contributed by atoms with Gasteiger partial charge in [-0.15, -0.1) is 0 Å². The van der Waals surface area contributed by atoms with Crippen molar-refractivity contribution in [3.05, 3.63) is 59.2 Å². The van der Waals surface area contributed by atoms with E-state index in [4.69, 9.17) is 15.2 Å². The topological polar surface area (TPSA) is 61.5 Å². The first-order chi connectivity index (χ1) is 14.6. The number of carbonyl (C=O) groups excluding carboxylic acids is 1. The summed E-state index contributed by atoms with van der Waals surface area (Å²) >= 11 is 0. The highest BCUT2D eigenvalue weighted by atomic mass is 16.5. The summed E-state index contributed by atoms with van der Waals surface area (Å²) in [6.07, 6.45) is 6.88. The Bertz CT molecular complexity index is 787. The molecule has 4 nitrogen and oxygen atoms in total. The highest BCUT2D eigenvalue weighted by molar-refractivity contribution is 5.77. The van der Waals surface area contributed by atoms with E-state index in [0.717, 1.165) is 42.7 Å². The van der Waals surface area contributed by atoms with Crippen molar-refractivity contribution in [1.29, 1.82) is 0 Å². The van der Waals surface area contributed by atoms with Gasteiger partial charge in [-0.2, -0.15) is 0 Å². The van der Waals surface area contributed by atoms with Gasteiger partial charge in [0, 0.05) is 11.5 Å². The van der Waals surface area contributed by atoms with E-state index in [1.54, 1.807) is 0 Å². The summed E-state index contributed by atoms with van der Waals surface area (Å²) in [7, 11) is 0. The summed E-state index contributed by atoms with van der Waals surface area (Å²) in [5, 5.41) is 0. The third kappa shape index (κ3) is 6.25. The lowest BCUT2D eigenvalue weighted by Gasteiger charge is -2.19. The van der Waals surface area contributed by atoms with Crippen molar-refractivity contribution < 1.29 is 14.3 Å². The fourth-order valence-electron chi connectivity index (χ4n) is 4.09. The van der Waals surface area contributed by atoms with Crippen LogP contribution >= 0.6 is 0 Å². The lowest BCUT2D eigenvalue weighted by atomic mass is 9.91. The van der Waals surface area contributed by atoms with Crippen LogP contribution in [0, 0.1) is 5.92 Å². The van der Waals surface area contributed by atoms with Gasteiger partial charge in [-0.3, -0.25) is 4.79 Å². The Morgan fingerprint density at radius 3 is 2.17 bits per heavy atom. The second kappa shape index (κ2) is 11.1. The van der Waals surface area contributed by atoms with Gasteiger partial charge in [0.15, 0.2) is 0 Å². The first-order valence-corrected chi connectivity index (χ1v) is 11.4. The van der Waals surface area contributed by atoms with Gasteiger partial charge in [-0.25, -0.2) is 0 Å². The molecule has 0 radical (unpaired) electrons. The van der Waals surface area contributed by atoms with Gasteiger partial charge in [-0.1, -0.05) is 36.8 Å². The van der Waals surface area contributed by atoms with Gasteiger partial charge in [0.25, 0.3) is 0 Å². The fourth-order valence-corrected chi connectivity index (χ4v) is 4.09. The molecule has 0 bridgehead atoms. The number of primary amides is 1. The quantitative estimate of drug-likeness (QED) is 0.449. The molecule has 0 saturated heterocycles. The van der Waals surface area contributed by atoms with E-state index in [1.165, 1.54) is 24.0 Å². The Morgan fingerprint density at radius 1 is 1.00 bits per heavy atom. The zero-order valence-electron chi connectivity index (χ0n) is 18.4. The molecule has 162 valence electrons. The van der Waals surface area contributed by atoms with Crippen molar-refractivity contribution in [3.8, 4) is 11.5 Å². The van der Waals surface area contributed by atoms with Crippen LogP contribution in [-0.4, -0.2) is 19.1 Å². The fraction of sp³-hybridized carbons (Fsp3) is 0.500. The molecule has 0 aromatic heterocycles. The van der Waals surface area contributed by atoms with Crippen LogP contribution in [-0.2, 0) is 17.6 Å². The minimum atomic E-state index is -0.225. The van der Waals surface area contributed by atoms with E-state index in [2.05, 4.69) is 36.4 Å². The first-order valence-electron chi connectivity index (χ1n) is 11.4. The van der Waals surface area contributed by atoms with Crippen LogP contribution in [0.5, 0.6) is 11.5 Å². The number of amides is 1. The van der Waals surface area contributed by atoms with Crippen LogP contribution in [0.4, 0.5) is 0 Å². The SMILES string of the molecule is CCOc1cc(CC(CCCCc2ccccc2)C(N)=O)cc(OCC)c1C1CC1. The Kier molecular flexibility index (Phi) is 8.18. The summed E-state index contributed by atoms with van der Waals surface area (Å²) in [6, 6.07) is 14.7. The number of hydrogen-bond donors (Lipinski definition) is 1. The average molecular weight is 410 g/mol. The van der Waals surface area contributed by atoms with Crippen LogP contribution in [0.2, 0.25) is 0 Å². The van der Waals surface area contributed by atoms with Crippen molar-refractivity contribution in [2.45, 2.75) is 64.7 Å². The summed E-state index contributed by atoms with van der Waals surface area (Å²) in [4.78, 5) is 12.1. The van der Waals surface area contributed by atoms with E-state index in [1.807, 2.05) is 19.9 Å². The van der Waals surface area contributed by atoms with E-state index < -0.39 is 0 Å². The number of ether oxygens (including phenoxy) is 2. The number of carbonyl (C=O) groups is 1. The smallest absolute Gasteiger partial charge is 0.220 e. The molecule has 4 heteroatoms. The number of benzene rings is 2. The standard InChI is InChI=1S/C26H35NO3/c1-3-29-23-17-20(18-24(30-4-2)25(23)21-14-15-21)16-22(26(27)28)13-9-8-12-19-10-6-5-7-11-19/h5-7,10-11,17-18,21-22H,3-4,8-9,12-16H2,1-2H3,(H2,27,28). The normalized spacial score (nSPS) is 14.3. The molecular formula is C26H35NO3. The average Bonchev–Trinajstić information content (AvgIpc) is 3.56. The molecule has 1 amide bonds. The molecule has 0 spiro atoms. The third-order valence-corrected chi connectivity index (χ3v) is 5.74. The Balaban J connectivity index is 1.67. The highest BCUT2D eigenvalue weighted by Gasteiger charge is 2.31. The molecule has 1 fully saturated rings. The summed E-state index contributed by atoms with van der Waals surface area (Å²) in [5.74, 6) is 1.96. The van der Waals surface area contributed by atoms with Gasteiger partial charge in [0.2, 0.25) is 5.91 Å². The van der Waals surface area contributed by atoms with Gasteiger partial charge in [0.05, 0.1) is 13.2 Å². The minimum absolute atomic E-state index is 0.170. The second-order valence-electron chi connectivity index (χ2n) is 8.18. The molecule has 0 heterocycles. The van der Waals surface area contributed by atoms with Crippen LogP contribution in [0.1, 0.15) is 68.6 Å². The van der Waals surface area contributed by atoms with Crippen LogP contribution in [0.15, 0.2) is 42.5 Å². The monoisotopic (exact) mass is 409 g/mol. The first kappa shape index (κ1) is 22.2. The van der Waals surface area contributed by atoms with E-state index in [9.17, 15) is 4.79 Å². The maximum atomic E-state index is 12.1. The molecule has 2 N–H and O–H groups in total. The van der Waals surface area contributed by atoms with E-state index >= 15 is 0 Å². The largest absolute Gasteiger partial charge is 0.493 e. The van der Waals surface area contributed by atoms with Crippen LogP contribution < -0.4 is 15.2 Å². The molecular weight excluding hydrogens is 374 g/mol. The summed E-state index contributed by atoms with van der Waals surface area (Å²) in [5.41, 5.74) is 9.36. The number of unbranched alkanes of at least 4 members (excludes halogenated alkanes) is 1. The molecule has 2 aromatic carbocycles. The molecule has 1 atom stereocenters. The van der Waals surface area contributed by atoms with Crippen molar-refractivity contribution in [3.63, 3.8) is 0 Å². The van der Waals surface area contributed by atoms with E-state index in [0.29, 0.717) is 25.6 Å². The molecule has 3 rings (SSSR count). The Hall–Kier alpha value is -2.49. The molecule has 1 saturated carbocycles. The van der Waals surface area contributed by atoms with Crippen molar-refractivity contribution in [1.82, 2.24) is 0 Å². The summed E-state index contributed by atoms with van der Waals surface area (Å²) in [6.45, 7) is 5.24. The molecule has 1 aliphatic carbocycles. The van der Waals surface area contributed by atoms with Gasteiger partial charge in [-0.05, 0) is 81.5 Å². The number of hydrogen-bond acceptors (Lipinski definition) is 3. The predicted octanol–water partition coefficient (Wildman–Crippen LogP) is 5.42. The van der Waals surface area contributed by atoms with Gasteiger partial charge < -0.3 is 15.2 Å². The maximum absolute atomic E-state index is 12.1.